The molecule has 21 heavy (non-hydrogen) atoms. The van der Waals surface area contributed by atoms with E-state index in [1.54, 1.807) is 6.07 Å². The highest BCUT2D eigenvalue weighted by atomic mass is 16.3. The molecule has 4 atom stereocenters. The largest absolute Gasteiger partial charge is 0.508 e. The molecule has 0 aromatic heterocycles. The van der Waals surface area contributed by atoms with Crippen LogP contribution in [0.3, 0.4) is 0 Å². The summed E-state index contributed by atoms with van der Waals surface area (Å²) >= 11 is 0. The highest BCUT2D eigenvalue weighted by Gasteiger charge is 2.58. The van der Waals surface area contributed by atoms with Crippen molar-refractivity contribution in [3.8, 4) is 5.75 Å². The first-order valence-electron chi connectivity index (χ1n) is 8.09. The molecule has 1 aromatic carbocycles. The number of benzene rings is 1. The van der Waals surface area contributed by atoms with Crippen LogP contribution in [-0.4, -0.2) is 35.4 Å². The fourth-order valence-electron chi connectivity index (χ4n) is 5.42. The normalized spacial score (nSPS) is 38.8. The number of piperidine rings is 1. The standard InChI is InChI=1S/C18H23NO2/c1-11-17(21)6-5-14-16-9-12-3-4-13(20)10-15(12)18(11,14)7-8-19(16)2/h3-4,10-11,14,16,20H,5-9H2,1-2H3/t11?,14-,16+,18-/m0/s1. The first-order chi connectivity index (χ1) is 10.0. The van der Waals surface area contributed by atoms with Gasteiger partial charge in [0.25, 0.3) is 0 Å². The van der Waals surface area contributed by atoms with Crippen LogP contribution in [0.4, 0.5) is 0 Å². The molecule has 4 rings (SSSR count). The second-order valence-electron chi connectivity index (χ2n) is 7.22. The Hall–Kier alpha value is -1.35. The van der Waals surface area contributed by atoms with E-state index in [0.29, 0.717) is 23.5 Å². The summed E-state index contributed by atoms with van der Waals surface area (Å²) < 4.78 is 0. The maximum Gasteiger partial charge on any atom is 0.136 e. The van der Waals surface area contributed by atoms with Gasteiger partial charge < -0.3 is 10.0 Å². The summed E-state index contributed by atoms with van der Waals surface area (Å²) in [6.45, 7) is 3.17. The summed E-state index contributed by atoms with van der Waals surface area (Å²) in [5.74, 6) is 1.38. The number of ketones is 1. The number of nitrogens with zero attached hydrogens (tertiary/aromatic N) is 1. The Morgan fingerprint density at radius 2 is 2.19 bits per heavy atom. The minimum atomic E-state index is -0.0428. The van der Waals surface area contributed by atoms with Gasteiger partial charge in [0.1, 0.15) is 11.5 Å². The van der Waals surface area contributed by atoms with Gasteiger partial charge in [-0.25, -0.2) is 0 Å². The topological polar surface area (TPSA) is 40.5 Å². The lowest BCUT2D eigenvalue weighted by Crippen LogP contribution is -2.63. The summed E-state index contributed by atoms with van der Waals surface area (Å²) in [6, 6.07) is 6.35. The minimum absolute atomic E-state index is 0.0428. The Kier molecular flexibility index (Phi) is 2.74. The zero-order valence-corrected chi connectivity index (χ0v) is 12.8. The molecule has 0 radical (unpaired) electrons. The summed E-state index contributed by atoms with van der Waals surface area (Å²) in [4.78, 5) is 14.9. The number of carbonyl (C=O) groups excluding carboxylic acids is 1. The lowest BCUT2D eigenvalue weighted by molar-refractivity contribution is -0.134. The molecule has 1 N–H and O–H groups in total. The quantitative estimate of drug-likeness (QED) is 0.796. The van der Waals surface area contributed by atoms with E-state index in [0.717, 1.165) is 32.2 Å². The number of carbonyl (C=O) groups is 1. The SMILES string of the molecule is CC1C(=O)CC[C@H]2[C@H]3Cc4ccc(O)cc4[C@@]12CCN3C. The maximum atomic E-state index is 12.4. The number of phenolic OH excluding ortho intramolecular Hbond substituents is 1. The van der Waals surface area contributed by atoms with Crippen molar-refractivity contribution in [1.82, 2.24) is 4.90 Å². The van der Waals surface area contributed by atoms with Crippen LogP contribution in [0.1, 0.15) is 37.3 Å². The van der Waals surface area contributed by atoms with Crippen LogP contribution >= 0.6 is 0 Å². The molecule has 1 aromatic rings. The van der Waals surface area contributed by atoms with Gasteiger partial charge in [-0.3, -0.25) is 4.79 Å². The molecule has 1 aliphatic heterocycles. The molecule has 1 saturated carbocycles. The van der Waals surface area contributed by atoms with E-state index < -0.39 is 0 Å². The molecule has 1 unspecified atom stereocenters. The number of hydrogen-bond acceptors (Lipinski definition) is 3. The average molecular weight is 285 g/mol. The average Bonchev–Trinajstić information content (AvgIpc) is 2.47. The first-order valence-corrected chi connectivity index (χ1v) is 8.09. The highest BCUT2D eigenvalue weighted by Crippen LogP contribution is 2.57. The summed E-state index contributed by atoms with van der Waals surface area (Å²) in [6.07, 6.45) is 3.83. The fraction of sp³-hybridized carbons (Fsp3) is 0.611. The van der Waals surface area contributed by atoms with Gasteiger partial charge in [0.05, 0.1) is 0 Å². The van der Waals surface area contributed by atoms with Crippen molar-refractivity contribution >= 4 is 5.78 Å². The van der Waals surface area contributed by atoms with Crippen molar-refractivity contribution in [2.75, 3.05) is 13.6 Å². The van der Waals surface area contributed by atoms with Gasteiger partial charge in [0, 0.05) is 23.8 Å². The molecule has 2 fully saturated rings. The van der Waals surface area contributed by atoms with Crippen LogP contribution in [0.15, 0.2) is 18.2 Å². The van der Waals surface area contributed by atoms with E-state index in [-0.39, 0.29) is 11.3 Å². The molecule has 112 valence electrons. The Balaban J connectivity index is 1.96. The molecule has 3 aliphatic rings. The first kappa shape index (κ1) is 13.3. The van der Waals surface area contributed by atoms with Crippen molar-refractivity contribution < 1.29 is 9.90 Å². The smallest absolute Gasteiger partial charge is 0.136 e. The van der Waals surface area contributed by atoms with E-state index in [4.69, 9.17) is 0 Å². The molecule has 1 heterocycles. The van der Waals surface area contributed by atoms with Crippen LogP contribution in [0.2, 0.25) is 0 Å². The van der Waals surface area contributed by atoms with Gasteiger partial charge in [-0.15, -0.1) is 0 Å². The second kappa shape index (κ2) is 4.33. The third kappa shape index (κ3) is 1.61. The lowest BCUT2D eigenvalue weighted by Gasteiger charge is -2.60. The minimum Gasteiger partial charge on any atom is -0.508 e. The monoisotopic (exact) mass is 285 g/mol. The van der Waals surface area contributed by atoms with Gasteiger partial charge in [-0.05, 0) is 62.0 Å². The van der Waals surface area contributed by atoms with Crippen molar-refractivity contribution in [3.05, 3.63) is 29.3 Å². The van der Waals surface area contributed by atoms with Gasteiger partial charge in [-0.2, -0.15) is 0 Å². The Labute approximate surface area is 126 Å². The number of rotatable bonds is 0. The third-order valence-electron chi connectivity index (χ3n) is 6.55. The van der Waals surface area contributed by atoms with Crippen LogP contribution in [0.5, 0.6) is 5.75 Å². The number of Topliss-reactive ketones (excluding diaryl/α,β-unsaturated/α-hetero) is 1. The molecular weight excluding hydrogens is 262 g/mol. The van der Waals surface area contributed by atoms with E-state index >= 15 is 0 Å². The van der Waals surface area contributed by atoms with Crippen LogP contribution in [0, 0.1) is 11.8 Å². The van der Waals surface area contributed by atoms with Gasteiger partial charge in [0.15, 0.2) is 0 Å². The van der Waals surface area contributed by atoms with E-state index in [1.807, 2.05) is 6.07 Å². The molecule has 2 aliphatic carbocycles. The predicted octanol–water partition coefficient (Wildman–Crippen LogP) is 2.51. The van der Waals surface area contributed by atoms with Crippen molar-refractivity contribution in [3.63, 3.8) is 0 Å². The predicted molar refractivity (Wildman–Crippen MR) is 81.4 cm³/mol. The van der Waals surface area contributed by atoms with Crippen molar-refractivity contribution in [2.24, 2.45) is 11.8 Å². The molecule has 0 amide bonds. The van der Waals surface area contributed by atoms with Crippen molar-refractivity contribution in [2.45, 2.75) is 44.1 Å². The summed E-state index contributed by atoms with van der Waals surface area (Å²) in [5, 5.41) is 9.98. The zero-order chi connectivity index (χ0) is 14.8. The van der Waals surface area contributed by atoms with Gasteiger partial charge >= 0.3 is 0 Å². The number of hydrogen-bond donors (Lipinski definition) is 1. The zero-order valence-electron chi connectivity index (χ0n) is 12.8. The third-order valence-corrected chi connectivity index (χ3v) is 6.55. The molecule has 3 nitrogen and oxygen atoms in total. The maximum absolute atomic E-state index is 12.4. The number of likely N-dealkylation sites (tertiary alicyclic amines) is 1. The summed E-state index contributed by atoms with van der Waals surface area (Å²) in [7, 11) is 2.22. The fourth-order valence-corrected chi connectivity index (χ4v) is 5.42. The molecule has 2 bridgehead atoms. The second-order valence-corrected chi connectivity index (χ2v) is 7.22. The van der Waals surface area contributed by atoms with E-state index in [9.17, 15) is 9.90 Å². The van der Waals surface area contributed by atoms with Gasteiger partial charge in [-0.1, -0.05) is 13.0 Å². The lowest BCUT2D eigenvalue weighted by atomic mass is 9.48. The van der Waals surface area contributed by atoms with Crippen LogP contribution < -0.4 is 0 Å². The Bertz CT molecular complexity index is 611. The number of phenols is 1. The van der Waals surface area contributed by atoms with Crippen LogP contribution in [0.25, 0.3) is 0 Å². The number of aromatic hydroxyl groups is 1. The number of fused-ring (bicyclic) bond motifs is 1. The van der Waals surface area contributed by atoms with Gasteiger partial charge in [0.2, 0.25) is 0 Å². The molecule has 1 saturated heterocycles. The van der Waals surface area contributed by atoms with Crippen LogP contribution in [-0.2, 0) is 16.6 Å². The molecule has 3 heteroatoms. The number of likely N-dealkylation sites (N-methyl/N-ethyl adjacent to an activating group) is 1. The Morgan fingerprint density at radius 3 is 3.00 bits per heavy atom. The van der Waals surface area contributed by atoms with E-state index in [2.05, 4.69) is 24.9 Å². The molecular formula is C18H23NO2. The molecule has 0 spiro atoms. The Morgan fingerprint density at radius 1 is 1.38 bits per heavy atom. The summed E-state index contributed by atoms with van der Waals surface area (Å²) in [5.41, 5.74) is 2.55. The van der Waals surface area contributed by atoms with E-state index in [1.165, 1.54) is 11.1 Å². The van der Waals surface area contributed by atoms with Crippen molar-refractivity contribution in [1.29, 1.82) is 0 Å². The highest BCUT2D eigenvalue weighted by molar-refractivity contribution is 5.84.